The quantitative estimate of drug-likeness (QED) is 0.441. The van der Waals surface area contributed by atoms with E-state index in [0.29, 0.717) is 23.9 Å². The lowest BCUT2D eigenvalue weighted by Gasteiger charge is -2.33. The molecule has 1 unspecified atom stereocenters. The third-order valence-corrected chi connectivity index (χ3v) is 4.45. The van der Waals surface area contributed by atoms with Gasteiger partial charge in [-0.3, -0.25) is 0 Å². The van der Waals surface area contributed by atoms with Gasteiger partial charge in [-0.15, -0.1) is 0 Å². The fourth-order valence-corrected chi connectivity index (χ4v) is 2.70. The van der Waals surface area contributed by atoms with Crippen molar-refractivity contribution in [2.45, 2.75) is 25.6 Å². The zero-order chi connectivity index (χ0) is 21.1. The number of nitrogens with zero attached hydrogens (tertiary/aromatic N) is 2. The molecule has 0 radical (unpaired) electrons. The molecule has 0 amide bonds. The number of aliphatic imine (C=N–C) groups is 1. The molecule has 0 spiro atoms. The van der Waals surface area contributed by atoms with Crippen LogP contribution < -0.4 is 4.74 Å². The number of benzene rings is 2. The normalized spacial score (nSPS) is 14.2. The number of methoxy groups -OCH3 is 1. The highest BCUT2D eigenvalue weighted by molar-refractivity contribution is 5.66. The van der Waals surface area contributed by atoms with Gasteiger partial charge in [-0.05, 0) is 37.6 Å². The summed E-state index contributed by atoms with van der Waals surface area (Å²) < 4.78 is 60.7. The van der Waals surface area contributed by atoms with Crippen LogP contribution in [0.3, 0.4) is 0 Å². The van der Waals surface area contributed by atoms with Gasteiger partial charge in [0.15, 0.2) is 0 Å². The second-order valence-electron chi connectivity index (χ2n) is 6.38. The Balaban J connectivity index is 2.71. The highest BCUT2D eigenvalue weighted by Crippen LogP contribution is 2.48. The minimum Gasteiger partial charge on any atom is -0.496 e. The summed E-state index contributed by atoms with van der Waals surface area (Å²) in [5.41, 5.74) is -3.83. The van der Waals surface area contributed by atoms with Crippen LogP contribution in [0.15, 0.2) is 41.4 Å². The molecule has 2 aromatic rings. The van der Waals surface area contributed by atoms with Gasteiger partial charge in [-0.25, -0.2) is 9.38 Å². The largest absolute Gasteiger partial charge is 0.496 e. The minimum absolute atomic E-state index is 0.207. The van der Waals surface area contributed by atoms with Crippen molar-refractivity contribution in [3.8, 4) is 5.75 Å². The lowest BCUT2D eigenvalue weighted by atomic mass is 9.84. The molecule has 28 heavy (non-hydrogen) atoms. The second-order valence-corrected chi connectivity index (χ2v) is 6.38. The predicted octanol–water partition coefficient (Wildman–Crippen LogP) is 4.55. The monoisotopic (exact) mass is 398 g/mol. The first kappa shape index (κ1) is 21.7. The molecular weight excluding hydrogens is 376 g/mol. The molecule has 0 heterocycles. The van der Waals surface area contributed by atoms with E-state index < -0.39 is 28.7 Å². The van der Waals surface area contributed by atoms with Crippen molar-refractivity contribution in [3.63, 3.8) is 0 Å². The Kier molecular flexibility index (Phi) is 6.34. The third kappa shape index (κ3) is 4.11. The van der Waals surface area contributed by atoms with E-state index in [9.17, 15) is 22.7 Å². The number of hydrogen-bond acceptors (Lipinski definition) is 3. The maximum Gasteiger partial charge on any atom is 0.425 e. The first-order valence-corrected chi connectivity index (χ1v) is 8.53. The summed E-state index contributed by atoms with van der Waals surface area (Å²) in [6.45, 7) is 4.19. The molecule has 0 bridgehead atoms. The van der Waals surface area contributed by atoms with E-state index >= 15 is 0 Å². The molecule has 0 saturated carbocycles. The van der Waals surface area contributed by atoms with Crippen molar-refractivity contribution >= 4 is 12.0 Å². The summed E-state index contributed by atoms with van der Waals surface area (Å²) in [6.07, 6.45) is -3.57. The average molecular weight is 398 g/mol. The molecule has 152 valence electrons. The molecule has 0 aliphatic heterocycles. The van der Waals surface area contributed by atoms with Crippen LogP contribution in [0.4, 0.5) is 23.2 Å². The van der Waals surface area contributed by atoms with Gasteiger partial charge >= 0.3 is 6.18 Å². The zero-order valence-electron chi connectivity index (χ0n) is 16.0. The van der Waals surface area contributed by atoms with E-state index in [1.807, 2.05) is 6.92 Å². The zero-order valence-corrected chi connectivity index (χ0v) is 16.0. The van der Waals surface area contributed by atoms with Crippen molar-refractivity contribution in [1.29, 1.82) is 0 Å². The Morgan fingerprint density at radius 3 is 2.43 bits per heavy atom. The summed E-state index contributed by atoms with van der Waals surface area (Å²) in [4.78, 5) is 6.05. The summed E-state index contributed by atoms with van der Waals surface area (Å²) in [6, 6.07) is 6.28. The Morgan fingerprint density at radius 2 is 1.89 bits per heavy atom. The fraction of sp³-hybridized carbons (Fsp3) is 0.350. The molecule has 4 nitrogen and oxygen atoms in total. The van der Waals surface area contributed by atoms with Gasteiger partial charge < -0.3 is 14.7 Å². The van der Waals surface area contributed by atoms with Crippen molar-refractivity contribution in [2.24, 2.45) is 4.99 Å². The highest BCUT2D eigenvalue weighted by atomic mass is 19.4. The van der Waals surface area contributed by atoms with Crippen LogP contribution in [-0.4, -0.2) is 43.2 Å². The molecule has 0 aromatic heterocycles. The Bertz CT molecular complexity index is 868. The van der Waals surface area contributed by atoms with Gasteiger partial charge in [-0.2, -0.15) is 13.2 Å². The first-order chi connectivity index (χ1) is 13.0. The van der Waals surface area contributed by atoms with E-state index in [1.165, 1.54) is 13.2 Å². The summed E-state index contributed by atoms with van der Waals surface area (Å²) >= 11 is 0. The molecule has 0 saturated heterocycles. The second kappa shape index (κ2) is 8.18. The van der Waals surface area contributed by atoms with Crippen LogP contribution in [0, 0.1) is 12.7 Å². The van der Waals surface area contributed by atoms with Gasteiger partial charge in [0, 0.05) is 30.8 Å². The van der Waals surface area contributed by atoms with Gasteiger partial charge in [0.1, 0.15) is 11.6 Å². The number of ether oxygens (including phenoxy) is 1. The maximum atomic E-state index is 14.0. The van der Waals surface area contributed by atoms with Crippen molar-refractivity contribution in [2.75, 3.05) is 20.7 Å². The molecule has 1 N–H and O–H groups in total. The smallest absolute Gasteiger partial charge is 0.425 e. The van der Waals surface area contributed by atoms with Gasteiger partial charge in [0.05, 0.1) is 19.1 Å². The van der Waals surface area contributed by atoms with Crippen LogP contribution in [0.25, 0.3) is 0 Å². The Morgan fingerprint density at radius 1 is 1.21 bits per heavy atom. The molecule has 2 rings (SSSR count). The minimum atomic E-state index is -5.12. The highest BCUT2D eigenvalue weighted by Gasteiger charge is 2.57. The molecule has 1 atom stereocenters. The fourth-order valence-electron chi connectivity index (χ4n) is 2.70. The van der Waals surface area contributed by atoms with Crippen LogP contribution in [0.5, 0.6) is 5.75 Å². The van der Waals surface area contributed by atoms with Crippen molar-refractivity contribution in [3.05, 3.63) is 58.9 Å². The van der Waals surface area contributed by atoms with E-state index in [-0.39, 0.29) is 5.75 Å². The van der Waals surface area contributed by atoms with Crippen LogP contribution in [-0.2, 0) is 5.60 Å². The van der Waals surface area contributed by atoms with Crippen molar-refractivity contribution < 1.29 is 27.4 Å². The topological polar surface area (TPSA) is 45.1 Å². The van der Waals surface area contributed by atoms with E-state index in [4.69, 9.17) is 4.74 Å². The lowest BCUT2D eigenvalue weighted by molar-refractivity contribution is -0.248. The average Bonchev–Trinajstić information content (AvgIpc) is 2.64. The standard InChI is InChI=1S/C20H22F4N2O2/c1-5-26(3)12-25-17-11-18(28-4)16(9-13(17)2)19(27,20(22,23)24)14-7-6-8-15(21)10-14/h6-12,27H,5H2,1-4H3/b25-12+. The van der Waals surface area contributed by atoms with Gasteiger partial charge in [0.2, 0.25) is 5.60 Å². The van der Waals surface area contributed by atoms with E-state index in [1.54, 1.807) is 25.2 Å². The summed E-state index contributed by atoms with van der Waals surface area (Å²) in [5.74, 6) is -1.10. The molecule has 0 aliphatic rings. The van der Waals surface area contributed by atoms with Crippen molar-refractivity contribution in [1.82, 2.24) is 4.90 Å². The van der Waals surface area contributed by atoms with Gasteiger partial charge in [-0.1, -0.05) is 12.1 Å². The SMILES string of the molecule is CCN(C)/C=N/c1cc(OC)c(C(O)(c2cccc(F)c2)C(F)(F)F)cc1C. The Hall–Kier alpha value is -2.61. The molecule has 0 fully saturated rings. The number of rotatable bonds is 6. The Labute approximate surface area is 161 Å². The molecular formula is C20H22F4N2O2. The maximum absolute atomic E-state index is 14.0. The van der Waals surface area contributed by atoms with E-state index in [2.05, 4.69) is 4.99 Å². The lowest BCUT2D eigenvalue weighted by Crippen LogP contribution is -2.43. The third-order valence-electron chi connectivity index (χ3n) is 4.45. The number of aliphatic hydroxyl groups is 1. The molecule has 2 aromatic carbocycles. The first-order valence-electron chi connectivity index (χ1n) is 8.53. The predicted molar refractivity (Wildman–Crippen MR) is 99.6 cm³/mol. The number of hydrogen-bond donors (Lipinski definition) is 1. The summed E-state index contributed by atoms with van der Waals surface area (Å²) in [7, 11) is 3.00. The number of aryl methyl sites for hydroxylation is 1. The van der Waals surface area contributed by atoms with E-state index in [0.717, 1.165) is 24.3 Å². The van der Waals surface area contributed by atoms with Crippen LogP contribution in [0.2, 0.25) is 0 Å². The van der Waals surface area contributed by atoms with Crippen LogP contribution >= 0.6 is 0 Å². The van der Waals surface area contributed by atoms with Crippen LogP contribution in [0.1, 0.15) is 23.6 Å². The molecule has 8 heteroatoms. The molecule has 0 aliphatic carbocycles. The van der Waals surface area contributed by atoms with Gasteiger partial charge in [0.25, 0.3) is 0 Å². The number of halogens is 4. The summed E-state index contributed by atoms with van der Waals surface area (Å²) in [5, 5.41) is 10.8. The number of alkyl halides is 3.